The Morgan fingerprint density at radius 1 is 1.00 bits per heavy atom. The predicted octanol–water partition coefficient (Wildman–Crippen LogP) is 7.50. The lowest BCUT2D eigenvalue weighted by Crippen LogP contribution is -2.19. The summed E-state index contributed by atoms with van der Waals surface area (Å²) in [5.74, 6) is 0.448. The number of nitrogens with zero attached hydrogens (tertiary/aromatic N) is 2. The summed E-state index contributed by atoms with van der Waals surface area (Å²) in [7, 11) is 0. The summed E-state index contributed by atoms with van der Waals surface area (Å²) in [6, 6.07) is 22.6. The molecule has 1 heterocycles. The van der Waals surface area contributed by atoms with E-state index in [1.54, 1.807) is 18.3 Å². The van der Waals surface area contributed by atoms with Crippen LogP contribution in [-0.4, -0.2) is 27.8 Å². The van der Waals surface area contributed by atoms with Gasteiger partial charge in [0.05, 0.1) is 33.0 Å². The topological polar surface area (TPSA) is 79.4 Å². The van der Waals surface area contributed by atoms with E-state index in [-0.39, 0.29) is 18.3 Å². The van der Waals surface area contributed by atoms with Crippen molar-refractivity contribution in [3.8, 4) is 5.75 Å². The van der Waals surface area contributed by atoms with Crippen molar-refractivity contribution in [3.05, 3.63) is 99.0 Å². The summed E-state index contributed by atoms with van der Waals surface area (Å²) in [6.07, 6.45) is 1.57. The number of halogens is 3. The van der Waals surface area contributed by atoms with Crippen molar-refractivity contribution >= 4 is 80.5 Å². The first-order chi connectivity index (χ1) is 18.0. The number of carbonyl (C=O) groups is 1. The van der Waals surface area contributed by atoms with Crippen LogP contribution in [0.5, 0.6) is 5.75 Å². The van der Waals surface area contributed by atoms with Gasteiger partial charge in [-0.2, -0.15) is 5.10 Å². The van der Waals surface area contributed by atoms with Crippen LogP contribution in [0.3, 0.4) is 0 Å². The zero-order valence-electron chi connectivity index (χ0n) is 19.2. The standard InChI is InChI=1S/C27H19Cl3N4O2S/c28-20-10-11-21(29)26(30)19(20)14-36-24-12-9-16-5-1-2-6-17(16)18(24)13-31-34-25(35)15-37-27-32-22-7-3-4-8-23(22)33-27/h1-13H,14-15H2,(H,32,33)(H,34,35)/b31-13+. The van der Waals surface area contributed by atoms with E-state index in [1.807, 2.05) is 60.7 Å². The molecule has 1 amide bonds. The van der Waals surface area contributed by atoms with E-state index in [4.69, 9.17) is 39.5 Å². The Labute approximate surface area is 232 Å². The van der Waals surface area contributed by atoms with E-state index >= 15 is 0 Å². The molecule has 2 N–H and O–H groups in total. The van der Waals surface area contributed by atoms with Crippen LogP contribution in [0, 0.1) is 0 Å². The summed E-state index contributed by atoms with van der Waals surface area (Å²) in [6.45, 7) is 0.109. The number of rotatable bonds is 8. The van der Waals surface area contributed by atoms with Crippen LogP contribution < -0.4 is 10.2 Å². The van der Waals surface area contributed by atoms with Gasteiger partial charge in [0.1, 0.15) is 12.4 Å². The number of aromatic nitrogens is 2. The molecule has 0 spiro atoms. The minimum atomic E-state index is -0.262. The highest BCUT2D eigenvalue weighted by molar-refractivity contribution is 7.99. The molecule has 10 heteroatoms. The number of para-hydroxylation sites is 2. The Kier molecular flexibility index (Phi) is 7.86. The van der Waals surface area contributed by atoms with E-state index in [2.05, 4.69) is 20.5 Å². The fraction of sp³-hybridized carbons (Fsp3) is 0.0741. The third-order valence-corrected chi connectivity index (χ3v) is 7.60. The Bertz CT molecular complexity index is 1600. The van der Waals surface area contributed by atoms with E-state index in [1.165, 1.54) is 11.8 Å². The van der Waals surface area contributed by atoms with Gasteiger partial charge in [-0.25, -0.2) is 10.4 Å². The van der Waals surface area contributed by atoms with Gasteiger partial charge in [-0.05, 0) is 41.1 Å². The Morgan fingerprint density at radius 2 is 1.78 bits per heavy atom. The third-order valence-electron chi connectivity index (χ3n) is 5.53. The first-order valence-electron chi connectivity index (χ1n) is 11.2. The summed E-state index contributed by atoms with van der Waals surface area (Å²) in [4.78, 5) is 20.1. The van der Waals surface area contributed by atoms with Crippen LogP contribution in [0.2, 0.25) is 15.1 Å². The molecule has 0 unspecified atom stereocenters. The largest absolute Gasteiger partial charge is 0.488 e. The van der Waals surface area contributed by atoms with Gasteiger partial charge >= 0.3 is 0 Å². The van der Waals surface area contributed by atoms with E-state index < -0.39 is 0 Å². The molecule has 4 aromatic carbocycles. The van der Waals surface area contributed by atoms with Gasteiger partial charge in [0.15, 0.2) is 5.16 Å². The van der Waals surface area contributed by atoms with Gasteiger partial charge in [0.2, 0.25) is 0 Å². The van der Waals surface area contributed by atoms with E-state index in [0.717, 1.165) is 21.8 Å². The lowest BCUT2D eigenvalue weighted by atomic mass is 10.0. The maximum Gasteiger partial charge on any atom is 0.250 e. The average molecular weight is 570 g/mol. The lowest BCUT2D eigenvalue weighted by Gasteiger charge is -2.14. The number of aromatic amines is 1. The second kappa shape index (κ2) is 11.4. The number of benzene rings is 4. The zero-order chi connectivity index (χ0) is 25.8. The number of ether oxygens (including phenoxy) is 1. The SMILES string of the molecule is O=C(CSc1nc2ccccc2[nH]1)N/N=C/c1c(OCc2c(Cl)ccc(Cl)c2Cl)ccc2ccccc12. The molecule has 5 aromatic rings. The molecular formula is C27H19Cl3N4O2S. The van der Waals surface area contributed by atoms with Crippen molar-refractivity contribution < 1.29 is 9.53 Å². The fourth-order valence-corrected chi connectivity index (χ4v) is 5.05. The average Bonchev–Trinajstić information content (AvgIpc) is 3.33. The van der Waals surface area contributed by atoms with Crippen LogP contribution in [0.25, 0.3) is 21.8 Å². The van der Waals surface area contributed by atoms with Crippen LogP contribution >= 0.6 is 46.6 Å². The van der Waals surface area contributed by atoms with Crippen molar-refractivity contribution in [1.82, 2.24) is 15.4 Å². The van der Waals surface area contributed by atoms with Gasteiger partial charge in [0, 0.05) is 16.1 Å². The Balaban J connectivity index is 1.30. The number of nitrogens with one attached hydrogen (secondary N) is 2. The molecule has 0 aliphatic rings. The highest BCUT2D eigenvalue weighted by Gasteiger charge is 2.13. The molecule has 0 saturated heterocycles. The van der Waals surface area contributed by atoms with Crippen LogP contribution in [0.1, 0.15) is 11.1 Å². The van der Waals surface area contributed by atoms with Crippen molar-refractivity contribution in [2.75, 3.05) is 5.75 Å². The number of hydrogen-bond acceptors (Lipinski definition) is 5. The van der Waals surface area contributed by atoms with E-state index in [0.29, 0.717) is 37.1 Å². The number of hydrazone groups is 1. The predicted molar refractivity (Wildman–Crippen MR) is 152 cm³/mol. The van der Waals surface area contributed by atoms with Crippen LogP contribution in [0.4, 0.5) is 0 Å². The van der Waals surface area contributed by atoms with Crippen molar-refractivity contribution in [1.29, 1.82) is 0 Å². The summed E-state index contributed by atoms with van der Waals surface area (Å²) in [5.41, 5.74) is 5.65. The van der Waals surface area contributed by atoms with Crippen molar-refractivity contribution in [3.63, 3.8) is 0 Å². The molecule has 6 nitrogen and oxygen atoms in total. The number of fused-ring (bicyclic) bond motifs is 2. The van der Waals surface area contributed by atoms with Gasteiger partial charge in [-0.15, -0.1) is 0 Å². The summed E-state index contributed by atoms with van der Waals surface area (Å²) < 4.78 is 6.09. The molecule has 0 aliphatic carbocycles. The molecule has 0 aliphatic heterocycles. The Morgan fingerprint density at radius 3 is 2.65 bits per heavy atom. The van der Waals surface area contributed by atoms with Gasteiger partial charge < -0.3 is 9.72 Å². The zero-order valence-corrected chi connectivity index (χ0v) is 22.3. The molecule has 5 rings (SSSR count). The second-order valence-corrected chi connectivity index (χ2v) is 10.1. The second-order valence-electron chi connectivity index (χ2n) is 7.95. The summed E-state index contributed by atoms with van der Waals surface area (Å²) in [5, 5.41) is 7.98. The maximum absolute atomic E-state index is 12.4. The highest BCUT2D eigenvalue weighted by atomic mass is 35.5. The number of hydrogen-bond donors (Lipinski definition) is 2. The molecular weight excluding hydrogens is 551 g/mol. The first-order valence-corrected chi connectivity index (χ1v) is 13.3. The van der Waals surface area contributed by atoms with Gasteiger partial charge in [0.25, 0.3) is 5.91 Å². The van der Waals surface area contributed by atoms with Gasteiger partial charge in [-0.1, -0.05) is 89.0 Å². The number of amides is 1. The number of imidazole rings is 1. The number of H-pyrrole nitrogens is 1. The molecule has 37 heavy (non-hydrogen) atoms. The number of carbonyl (C=O) groups excluding carboxylic acids is 1. The lowest BCUT2D eigenvalue weighted by molar-refractivity contribution is -0.118. The number of thioether (sulfide) groups is 1. The molecule has 0 bridgehead atoms. The van der Waals surface area contributed by atoms with E-state index in [9.17, 15) is 4.79 Å². The minimum absolute atomic E-state index is 0.109. The fourth-order valence-electron chi connectivity index (χ4n) is 3.72. The van der Waals surface area contributed by atoms with Gasteiger partial charge in [-0.3, -0.25) is 4.79 Å². The smallest absolute Gasteiger partial charge is 0.250 e. The van der Waals surface area contributed by atoms with Crippen molar-refractivity contribution in [2.45, 2.75) is 11.8 Å². The Hall–Kier alpha value is -3.23. The van der Waals surface area contributed by atoms with Crippen LogP contribution in [0.15, 0.2) is 83.1 Å². The monoisotopic (exact) mass is 568 g/mol. The minimum Gasteiger partial charge on any atom is -0.488 e. The molecule has 0 radical (unpaired) electrons. The first kappa shape index (κ1) is 25.4. The normalized spacial score (nSPS) is 11.4. The summed E-state index contributed by atoms with van der Waals surface area (Å²) >= 11 is 20.1. The van der Waals surface area contributed by atoms with Crippen LogP contribution in [-0.2, 0) is 11.4 Å². The molecule has 1 aromatic heterocycles. The quantitative estimate of drug-likeness (QED) is 0.0878. The molecule has 0 atom stereocenters. The molecule has 0 fully saturated rings. The molecule has 0 saturated carbocycles. The molecule has 186 valence electrons. The third kappa shape index (κ3) is 5.86. The van der Waals surface area contributed by atoms with Crippen molar-refractivity contribution in [2.24, 2.45) is 5.10 Å². The highest BCUT2D eigenvalue weighted by Crippen LogP contribution is 2.33. The maximum atomic E-state index is 12.4.